The molecule has 1 N–H and O–H groups in total. The van der Waals surface area contributed by atoms with Gasteiger partial charge in [0.15, 0.2) is 4.83 Å². The van der Waals surface area contributed by atoms with Crippen LogP contribution >= 0.6 is 15.9 Å². The minimum absolute atomic E-state index is 0.217. The number of benzene rings is 3. The fourth-order valence-electron chi connectivity index (χ4n) is 5.58. The van der Waals surface area contributed by atoms with Gasteiger partial charge in [0.2, 0.25) is 5.91 Å². The van der Waals surface area contributed by atoms with Crippen LogP contribution in [0.3, 0.4) is 0 Å². The van der Waals surface area contributed by atoms with Crippen molar-refractivity contribution in [3.63, 3.8) is 0 Å². The molecule has 0 bridgehead atoms. The molecule has 9 heteroatoms. The molecule has 1 aromatic heterocycles. The van der Waals surface area contributed by atoms with Gasteiger partial charge in [-0.15, -0.1) is 0 Å². The van der Waals surface area contributed by atoms with E-state index in [1.165, 1.54) is 69.5 Å². The number of esters is 1. The van der Waals surface area contributed by atoms with E-state index in [4.69, 9.17) is 14.5 Å². The number of para-hydroxylation sites is 2. The van der Waals surface area contributed by atoms with Gasteiger partial charge >= 0.3 is 5.97 Å². The Balaban J connectivity index is 1.34. The van der Waals surface area contributed by atoms with Gasteiger partial charge in [-0.1, -0.05) is 124 Å². The van der Waals surface area contributed by atoms with Crippen molar-refractivity contribution in [1.29, 1.82) is 0 Å². The van der Waals surface area contributed by atoms with Crippen LogP contribution in [0.2, 0.25) is 0 Å². The highest BCUT2D eigenvalue weighted by atomic mass is 79.9. The van der Waals surface area contributed by atoms with Crippen molar-refractivity contribution in [1.82, 2.24) is 9.55 Å². The Bertz CT molecular complexity index is 1660. The first-order chi connectivity index (χ1) is 22.9. The van der Waals surface area contributed by atoms with Gasteiger partial charge in [-0.3, -0.25) is 14.2 Å². The molecule has 0 saturated heterocycles. The summed E-state index contributed by atoms with van der Waals surface area (Å²) in [5.41, 5.74) is 1.38. The lowest BCUT2D eigenvalue weighted by Gasteiger charge is -2.18. The summed E-state index contributed by atoms with van der Waals surface area (Å²) in [5, 5.41) is 3.29. The minimum atomic E-state index is -1.01. The molecule has 4 rings (SSSR count). The summed E-state index contributed by atoms with van der Waals surface area (Å²) < 4.78 is 12.4. The zero-order valence-electron chi connectivity index (χ0n) is 27.5. The van der Waals surface area contributed by atoms with E-state index in [0.29, 0.717) is 40.2 Å². The fourth-order valence-corrected chi connectivity index (χ4v) is 6.01. The SMILES string of the molecule is CCCCCCCCCCCCCCOC(=O)c1ccc(OC)c(NC(=O)C(Br)c2nc3ccccc3c(=O)n2-c2ccccc2)c1. The monoisotopic (exact) mass is 703 g/mol. The smallest absolute Gasteiger partial charge is 0.338 e. The topological polar surface area (TPSA) is 99.5 Å². The quantitative estimate of drug-likeness (QED) is 0.0594. The average molecular weight is 705 g/mol. The van der Waals surface area contributed by atoms with E-state index in [9.17, 15) is 14.4 Å². The Morgan fingerprint density at radius 3 is 2.11 bits per heavy atom. The highest BCUT2D eigenvalue weighted by Crippen LogP contribution is 2.30. The van der Waals surface area contributed by atoms with Gasteiger partial charge in [-0.05, 0) is 48.9 Å². The Morgan fingerprint density at radius 1 is 0.830 bits per heavy atom. The maximum absolute atomic E-state index is 13.6. The lowest BCUT2D eigenvalue weighted by Crippen LogP contribution is -2.28. The third kappa shape index (κ3) is 10.3. The summed E-state index contributed by atoms with van der Waals surface area (Å²) in [4.78, 5) is 43.8. The molecule has 0 aliphatic carbocycles. The number of alkyl halides is 1. The first kappa shape index (κ1) is 35.9. The van der Waals surface area contributed by atoms with E-state index in [2.05, 4.69) is 28.2 Å². The number of nitrogens with zero attached hydrogens (tertiary/aromatic N) is 2. The third-order valence-corrected chi connectivity index (χ3v) is 9.02. The summed E-state index contributed by atoms with van der Waals surface area (Å²) in [6, 6.07) is 20.9. The molecule has 4 aromatic rings. The van der Waals surface area contributed by atoms with Crippen LogP contribution in [-0.4, -0.2) is 35.1 Å². The van der Waals surface area contributed by atoms with Gasteiger partial charge in [0.1, 0.15) is 11.6 Å². The number of amides is 1. The van der Waals surface area contributed by atoms with E-state index in [-0.39, 0.29) is 11.4 Å². The van der Waals surface area contributed by atoms with Crippen LogP contribution in [0.15, 0.2) is 77.6 Å². The molecule has 8 nitrogen and oxygen atoms in total. The molecule has 0 aliphatic heterocycles. The Labute approximate surface area is 286 Å². The molecule has 0 spiro atoms. The van der Waals surface area contributed by atoms with Gasteiger partial charge in [0, 0.05) is 0 Å². The molecule has 3 aromatic carbocycles. The number of halogens is 1. The number of aromatic nitrogens is 2. The van der Waals surface area contributed by atoms with Crippen molar-refractivity contribution in [3.05, 3.63) is 94.5 Å². The van der Waals surface area contributed by atoms with Crippen molar-refractivity contribution in [2.75, 3.05) is 19.0 Å². The summed E-state index contributed by atoms with van der Waals surface area (Å²) in [5.74, 6) is -0.357. The summed E-state index contributed by atoms with van der Waals surface area (Å²) in [7, 11) is 1.49. The van der Waals surface area contributed by atoms with Crippen molar-refractivity contribution in [2.24, 2.45) is 0 Å². The van der Waals surface area contributed by atoms with Crippen LogP contribution < -0.4 is 15.6 Å². The maximum atomic E-state index is 13.6. The molecule has 47 heavy (non-hydrogen) atoms. The molecule has 1 unspecified atom stereocenters. The van der Waals surface area contributed by atoms with Crippen LogP contribution in [0.5, 0.6) is 5.75 Å². The molecular weight excluding hydrogens is 658 g/mol. The minimum Gasteiger partial charge on any atom is -0.495 e. The first-order valence-corrected chi connectivity index (χ1v) is 17.7. The Morgan fingerprint density at radius 2 is 1.45 bits per heavy atom. The largest absolute Gasteiger partial charge is 0.495 e. The molecule has 0 aliphatic rings. The highest BCUT2D eigenvalue weighted by molar-refractivity contribution is 9.09. The first-order valence-electron chi connectivity index (χ1n) is 16.8. The number of unbranched alkanes of at least 4 members (excludes halogenated alkanes) is 11. The zero-order valence-corrected chi connectivity index (χ0v) is 29.1. The van der Waals surface area contributed by atoms with E-state index in [1.54, 1.807) is 54.6 Å². The Kier molecular flexibility index (Phi) is 14.5. The number of nitrogens with one attached hydrogen (secondary N) is 1. The number of methoxy groups -OCH3 is 1. The molecule has 0 radical (unpaired) electrons. The van der Waals surface area contributed by atoms with Crippen molar-refractivity contribution < 1.29 is 19.1 Å². The number of hydrogen-bond donors (Lipinski definition) is 1. The predicted molar refractivity (Wildman–Crippen MR) is 192 cm³/mol. The van der Waals surface area contributed by atoms with E-state index >= 15 is 0 Å². The van der Waals surface area contributed by atoms with Gasteiger partial charge in [-0.25, -0.2) is 9.78 Å². The van der Waals surface area contributed by atoms with Gasteiger partial charge in [0.05, 0.1) is 41.6 Å². The van der Waals surface area contributed by atoms with E-state index in [0.717, 1.165) is 19.3 Å². The predicted octanol–water partition coefficient (Wildman–Crippen LogP) is 9.33. The van der Waals surface area contributed by atoms with Gasteiger partial charge in [-0.2, -0.15) is 0 Å². The number of fused-ring (bicyclic) bond motifs is 1. The third-order valence-electron chi connectivity index (χ3n) is 8.20. The normalized spacial score (nSPS) is 11.7. The van der Waals surface area contributed by atoms with Crippen molar-refractivity contribution >= 4 is 44.4 Å². The second-order valence-electron chi connectivity index (χ2n) is 11.8. The molecular formula is C38H46BrN3O5. The number of carbonyl (C=O) groups is 2. The number of rotatable bonds is 19. The van der Waals surface area contributed by atoms with Crippen LogP contribution in [0.4, 0.5) is 5.69 Å². The lowest BCUT2D eigenvalue weighted by atomic mass is 10.1. The Hall–Kier alpha value is -3.98. The lowest BCUT2D eigenvalue weighted by molar-refractivity contribution is -0.115. The van der Waals surface area contributed by atoms with Gasteiger partial charge < -0.3 is 14.8 Å². The number of ether oxygens (including phenoxy) is 2. The van der Waals surface area contributed by atoms with Crippen LogP contribution in [0, 0.1) is 0 Å². The van der Waals surface area contributed by atoms with Crippen LogP contribution in [0.1, 0.15) is 105 Å². The number of carbonyl (C=O) groups excluding carboxylic acids is 2. The van der Waals surface area contributed by atoms with E-state index in [1.807, 2.05) is 18.2 Å². The zero-order chi connectivity index (χ0) is 33.4. The van der Waals surface area contributed by atoms with Crippen LogP contribution in [0.25, 0.3) is 16.6 Å². The summed E-state index contributed by atoms with van der Waals surface area (Å²) in [6.07, 6.45) is 14.8. The standard InChI is InChI=1S/C38H46BrN3O5/c1-3-4-5-6-7-8-9-10-11-12-13-19-26-47-38(45)28-24-25-33(46-2)32(27-28)41-36(43)34(39)35-40-31-23-18-17-22-30(31)37(44)42(35)29-20-15-14-16-21-29/h14-18,20-25,27,34H,3-13,19,26H2,1-2H3,(H,41,43). The highest BCUT2D eigenvalue weighted by Gasteiger charge is 2.26. The summed E-state index contributed by atoms with van der Waals surface area (Å²) in [6.45, 7) is 2.59. The molecule has 1 amide bonds. The van der Waals surface area contributed by atoms with Crippen LogP contribution in [-0.2, 0) is 9.53 Å². The average Bonchev–Trinajstić information content (AvgIpc) is 3.10. The fraction of sp³-hybridized carbons (Fsp3) is 0.421. The second-order valence-corrected chi connectivity index (χ2v) is 12.7. The van der Waals surface area contributed by atoms with E-state index < -0.39 is 16.7 Å². The number of hydrogen-bond acceptors (Lipinski definition) is 6. The van der Waals surface area contributed by atoms with Crippen molar-refractivity contribution in [3.8, 4) is 11.4 Å². The second kappa shape index (κ2) is 19.0. The molecule has 1 atom stereocenters. The molecule has 1 heterocycles. The van der Waals surface area contributed by atoms with Crippen molar-refractivity contribution in [2.45, 2.75) is 88.8 Å². The maximum Gasteiger partial charge on any atom is 0.338 e. The number of anilines is 1. The summed E-state index contributed by atoms with van der Waals surface area (Å²) >= 11 is 3.49. The molecule has 250 valence electrons. The molecule has 0 saturated carbocycles. The van der Waals surface area contributed by atoms with Gasteiger partial charge in [0.25, 0.3) is 5.56 Å². The molecule has 0 fully saturated rings.